The molecule has 4 heteroatoms. The Bertz CT molecular complexity index is 3950. The lowest BCUT2D eigenvalue weighted by Gasteiger charge is -2.34. The molecule has 0 spiro atoms. The Hall–Kier alpha value is -8.60. The van der Waals surface area contributed by atoms with Gasteiger partial charge in [-0.15, -0.1) is 0 Å². The molecule has 2 aliphatic heterocycles. The molecule has 4 nitrogen and oxygen atoms in total. The molecule has 2 unspecified atom stereocenters. The molecule has 2 atom stereocenters. The van der Waals surface area contributed by atoms with Crippen molar-refractivity contribution in [3.05, 3.63) is 258 Å². The Morgan fingerprint density at radius 2 is 1.00 bits per heavy atom. The van der Waals surface area contributed by atoms with E-state index in [1.54, 1.807) is 0 Å². The number of anilines is 2. The molecule has 0 radical (unpaired) electrons. The zero-order valence-electron chi connectivity index (χ0n) is 36.5. The van der Waals surface area contributed by atoms with Crippen LogP contribution in [0.4, 0.5) is 11.4 Å². The lowest BCUT2D eigenvalue weighted by molar-refractivity contribution is 0.540. The predicted octanol–water partition coefficient (Wildman–Crippen LogP) is 15.7. The van der Waals surface area contributed by atoms with Crippen molar-refractivity contribution in [3.8, 4) is 39.1 Å². The smallest absolute Gasteiger partial charge is 0.129 e. The maximum Gasteiger partial charge on any atom is 0.129 e. The zero-order valence-corrected chi connectivity index (χ0v) is 36.5. The van der Waals surface area contributed by atoms with Gasteiger partial charge in [-0.1, -0.05) is 176 Å². The minimum atomic E-state index is -0.411. The van der Waals surface area contributed by atoms with E-state index in [9.17, 15) is 0 Å². The summed E-state index contributed by atoms with van der Waals surface area (Å²) in [6.45, 7) is 0. The molecule has 0 amide bonds. The van der Waals surface area contributed by atoms with E-state index in [1.165, 1.54) is 105 Å². The van der Waals surface area contributed by atoms with Gasteiger partial charge in [0.1, 0.15) is 6.17 Å². The number of benzene rings is 10. The third kappa shape index (κ3) is 5.02. The first-order chi connectivity index (χ1) is 33.2. The Labute approximate surface area is 388 Å². The van der Waals surface area contributed by atoms with E-state index in [-0.39, 0.29) is 12.2 Å². The Morgan fingerprint density at radius 1 is 0.373 bits per heavy atom. The maximum atomic E-state index is 4.06. The summed E-state index contributed by atoms with van der Waals surface area (Å²) in [5.41, 5.74) is 21.9. The van der Waals surface area contributed by atoms with Crippen molar-refractivity contribution in [2.75, 3.05) is 10.6 Å². The Kier molecular flexibility index (Phi) is 7.51. The van der Waals surface area contributed by atoms with E-state index < -0.39 is 5.41 Å². The van der Waals surface area contributed by atoms with E-state index in [2.05, 4.69) is 250 Å². The highest BCUT2D eigenvalue weighted by Gasteiger charge is 2.46. The van der Waals surface area contributed by atoms with Crippen molar-refractivity contribution in [1.29, 1.82) is 0 Å². The van der Waals surface area contributed by atoms with Crippen LogP contribution < -0.4 is 10.6 Å². The molecule has 15 rings (SSSR count). The van der Waals surface area contributed by atoms with Crippen LogP contribution in [0.25, 0.3) is 82.7 Å². The van der Waals surface area contributed by atoms with Crippen LogP contribution in [-0.4, -0.2) is 9.13 Å². The summed E-state index contributed by atoms with van der Waals surface area (Å²) in [6, 6.07) is 85.6. The topological polar surface area (TPSA) is 33.9 Å². The molecular formula is C63H42N4. The molecule has 2 N–H and O–H groups in total. The number of hydrogen-bond donors (Lipinski definition) is 2. The molecule has 314 valence electrons. The molecule has 0 saturated heterocycles. The molecule has 3 aliphatic rings. The molecule has 12 aromatic rings. The SMILES string of the molecule is c1ccc(-n2c3ccccc3c3ccc(-c4ccc5c(c4)NC4C(N5)c5cccc6c7cc(-c8ccc9c(c8)-c8ccccc8C9(c8ccccc8)c8ccccc8)ccc7n4c56)cc32)cc1. The number of para-hydroxylation sites is 3. The Balaban J connectivity index is 0.821. The van der Waals surface area contributed by atoms with E-state index in [1.807, 2.05) is 0 Å². The number of aromatic nitrogens is 2. The van der Waals surface area contributed by atoms with E-state index in [0.29, 0.717) is 0 Å². The molecule has 0 saturated carbocycles. The maximum absolute atomic E-state index is 4.06. The highest BCUT2D eigenvalue weighted by Crippen LogP contribution is 2.57. The van der Waals surface area contributed by atoms with Crippen molar-refractivity contribution in [1.82, 2.24) is 9.13 Å². The average molecular weight is 855 g/mol. The van der Waals surface area contributed by atoms with Gasteiger partial charge in [0.2, 0.25) is 0 Å². The summed E-state index contributed by atoms with van der Waals surface area (Å²) in [4.78, 5) is 0. The monoisotopic (exact) mass is 854 g/mol. The van der Waals surface area contributed by atoms with Crippen LogP contribution in [0.2, 0.25) is 0 Å². The predicted molar refractivity (Wildman–Crippen MR) is 277 cm³/mol. The van der Waals surface area contributed by atoms with Crippen molar-refractivity contribution in [2.45, 2.75) is 17.6 Å². The largest absolute Gasteiger partial charge is 0.373 e. The number of nitrogens with one attached hydrogen (secondary N) is 2. The first-order valence-corrected chi connectivity index (χ1v) is 23.4. The van der Waals surface area contributed by atoms with Crippen LogP contribution in [0.3, 0.4) is 0 Å². The summed E-state index contributed by atoms with van der Waals surface area (Å²) < 4.78 is 4.95. The number of hydrogen-bond acceptors (Lipinski definition) is 2. The fraction of sp³-hybridized carbons (Fsp3) is 0.0476. The number of rotatable bonds is 5. The van der Waals surface area contributed by atoms with Gasteiger partial charge in [-0.2, -0.15) is 0 Å². The van der Waals surface area contributed by atoms with E-state index in [4.69, 9.17) is 0 Å². The quantitative estimate of drug-likeness (QED) is 0.181. The fourth-order valence-electron chi connectivity index (χ4n) is 12.4. The van der Waals surface area contributed by atoms with Gasteiger partial charge in [0.25, 0.3) is 0 Å². The second-order valence-electron chi connectivity index (χ2n) is 18.5. The fourth-order valence-corrected chi connectivity index (χ4v) is 12.4. The van der Waals surface area contributed by atoms with Crippen LogP contribution in [0.5, 0.6) is 0 Å². The third-order valence-electron chi connectivity index (χ3n) is 15.2. The van der Waals surface area contributed by atoms with Gasteiger partial charge in [-0.3, -0.25) is 0 Å². The minimum Gasteiger partial charge on any atom is -0.373 e. The van der Waals surface area contributed by atoms with Crippen molar-refractivity contribution in [2.24, 2.45) is 0 Å². The second-order valence-corrected chi connectivity index (χ2v) is 18.5. The van der Waals surface area contributed by atoms with Crippen LogP contribution in [0, 0.1) is 0 Å². The highest BCUT2D eigenvalue weighted by atomic mass is 15.3. The van der Waals surface area contributed by atoms with Crippen LogP contribution in [0.15, 0.2) is 231 Å². The molecular weight excluding hydrogens is 813 g/mol. The summed E-state index contributed by atoms with van der Waals surface area (Å²) in [5, 5.41) is 13.1. The van der Waals surface area contributed by atoms with E-state index in [0.717, 1.165) is 17.1 Å². The van der Waals surface area contributed by atoms with Crippen LogP contribution in [-0.2, 0) is 5.41 Å². The lowest BCUT2D eigenvalue weighted by Crippen LogP contribution is -2.30. The number of nitrogens with zero attached hydrogens (tertiary/aromatic N) is 2. The Morgan fingerprint density at radius 3 is 1.84 bits per heavy atom. The molecule has 4 heterocycles. The van der Waals surface area contributed by atoms with Gasteiger partial charge in [-0.05, 0) is 110 Å². The van der Waals surface area contributed by atoms with Crippen molar-refractivity contribution < 1.29 is 0 Å². The molecule has 0 bridgehead atoms. The standard InChI is InChI=1S/C63H42N4/c1-4-15-43(16-5-1)63(44-17-6-2-7-18-44)53-25-12-10-21-46(53)51-35-39(28-32-54(51)63)40-30-34-58-52(36-40)49-23-14-24-50-60-62(67(58)61(49)50)65-56-37-41(29-33-55(56)64-60)42-27-31-48-47-22-11-13-26-57(47)66(59(48)38-42)45-19-8-3-9-20-45/h1-38,60,62,64-65H. The first-order valence-electron chi connectivity index (χ1n) is 23.4. The van der Waals surface area contributed by atoms with Gasteiger partial charge in [0, 0.05) is 32.8 Å². The molecule has 2 aromatic heterocycles. The van der Waals surface area contributed by atoms with E-state index >= 15 is 0 Å². The highest BCUT2D eigenvalue weighted by molar-refractivity contribution is 6.12. The molecule has 67 heavy (non-hydrogen) atoms. The van der Waals surface area contributed by atoms with Crippen LogP contribution in [0.1, 0.15) is 40.0 Å². The minimum absolute atomic E-state index is 0.00897. The van der Waals surface area contributed by atoms with Gasteiger partial charge < -0.3 is 19.8 Å². The van der Waals surface area contributed by atoms with Crippen LogP contribution >= 0.6 is 0 Å². The zero-order chi connectivity index (χ0) is 43.8. The molecule has 0 fully saturated rings. The summed E-state index contributed by atoms with van der Waals surface area (Å²) >= 11 is 0. The summed E-state index contributed by atoms with van der Waals surface area (Å²) in [7, 11) is 0. The summed E-state index contributed by atoms with van der Waals surface area (Å²) in [5.74, 6) is 0. The van der Waals surface area contributed by atoms with Gasteiger partial charge >= 0.3 is 0 Å². The first kappa shape index (κ1) is 36.7. The van der Waals surface area contributed by atoms with Gasteiger partial charge in [-0.25, -0.2) is 0 Å². The van der Waals surface area contributed by atoms with Crippen molar-refractivity contribution in [3.63, 3.8) is 0 Å². The number of fused-ring (bicyclic) bond motifs is 13. The van der Waals surface area contributed by atoms with Gasteiger partial charge in [0.15, 0.2) is 0 Å². The van der Waals surface area contributed by atoms with Crippen molar-refractivity contribution >= 4 is 55.0 Å². The second kappa shape index (κ2) is 13.7. The normalized spacial score (nSPS) is 16.1. The summed E-state index contributed by atoms with van der Waals surface area (Å²) in [6.07, 6.45) is 0.00897. The third-order valence-corrected chi connectivity index (χ3v) is 15.2. The average Bonchev–Trinajstić information content (AvgIpc) is 4.11. The molecule has 10 aromatic carbocycles. The van der Waals surface area contributed by atoms with Gasteiger partial charge in [0.05, 0.1) is 44.9 Å². The lowest BCUT2D eigenvalue weighted by atomic mass is 9.67. The molecule has 1 aliphatic carbocycles.